The molecule has 1 unspecified atom stereocenters. The number of amides is 1. The van der Waals surface area contributed by atoms with Gasteiger partial charge in [-0.15, -0.1) is 0 Å². The van der Waals surface area contributed by atoms with E-state index in [1.165, 1.54) is 24.8 Å². The van der Waals surface area contributed by atoms with Gasteiger partial charge in [-0.05, 0) is 11.6 Å². The van der Waals surface area contributed by atoms with Gasteiger partial charge in [0.25, 0.3) is 0 Å². The summed E-state index contributed by atoms with van der Waals surface area (Å²) in [6.45, 7) is 1.25. The zero-order valence-electron chi connectivity index (χ0n) is 10.2. The first kappa shape index (κ1) is 15.8. The molecule has 0 saturated heterocycles. The van der Waals surface area contributed by atoms with E-state index >= 15 is 0 Å². The maximum atomic E-state index is 13.2. The predicted octanol–water partition coefficient (Wildman–Crippen LogP) is 2.30. The lowest BCUT2D eigenvalue weighted by atomic mass is 10.2. The molecule has 0 spiro atoms. The van der Waals surface area contributed by atoms with E-state index in [0.29, 0.717) is 11.3 Å². The highest BCUT2D eigenvalue weighted by Gasteiger charge is 2.18. The highest BCUT2D eigenvalue weighted by atomic mass is 35.5. The van der Waals surface area contributed by atoms with E-state index < -0.39 is 23.7 Å². The summed E-state index contributed by atoms with van der Waals surface area (Å²) >= 11 is 7.04. The van der Waals surface area contributed by atoms with Gasteiger partial charge in [0.1, 0.15) is 11.9 Å². The monoisotopic (exact) mass is 305 g/mol. The van der Waals surface area contributed by atoms with Crippen LogP contribution < -0.4 is 5.32 Å². The topological polar surface area (TPSA) is 66.4 Å². The van der Waals surface area contributed by atoms with Crippen molar-refractivity contribution in [3.63, 3.8) is 0 Å². The summed E-state index contributed by atoms with van der Waals surface area (Å²) in [5.74, 6) is -1.46. The summed E-state index contributed by atoms with van der Waals surface area (Å²) in [4.78, 5) is 21.7. The summed E-state index contributed by atoms with van der Waals surface area (Å²) in [6, 6.07) is 3.51. The van der Waals surface area contributed by atoms with Crippen LogP contribution in [0.25, 0.3) is 0 Å². The molecule has 0 radical (unpaired) electrons. The number of hydrogen-bond acceptors (Lipinski definition) is 3. The lowest BCUT2D eigenvalue weighted by molar-refractivity contribution is -0.140. The maximum absolute atomic E-state index is 13.2. The number of benzene rings is 1. The van der Waals surface area contributed by atoms with Crippen molar-refractivity contribution >= 4 is 35.2 Å². The lowest BCUT2D eigenvalue weighted by Crippen LogP contribution is -2.41. The molecule has 0 heterocycles. The molecule has 1 atom stereocenters. The second kappa shape index (κ2) is 7.35. The summed E-state index contributed by atoms with van der Waals surface area (Å²) in [7, 11) is 0. The van der Waals surface area contributed by atoms with Gasteiger partial charge in [0, 0.05) is 18.4 Å². The molecular weight excluding hydrogens is 293 g/mol. The van der Waals surface area contributed by atoms with Gasteiger partial charge >= 0.3 is 5.97 Å². The van der Waals surface area contributed by atoms with Gasteiger partial charge in [-0.25, -0.2) is 9.18 Å². The molecule has 0 fully saturated rings. The molecule has 1 aromatic rings. The van der Waals surface area contributed by atoms with Crippen LogP contribution in [0, 0.1) is 5.82 Å². The molecule has 0 aromatic heterocycles. The number of halogens is 2. The number of thioether (sulfide) groups is 1. The van der Waals surface area contributed by atoms with E-state index in [1.807, 2.05) is 0 Å². The standard InChI is InChI=1S/C12H13ClFNO3S/c1-7(16)15-10(12(17)18)6-19-5-8-3-2-4-9(14)11(8)13/h2-4,10H,5-6H2,1H3,(H,15,16)(H,17,18). The van der Waals surface area contributed by atoms with E-state index in [2.05, 4.69) is 5.32 Å². The van der Waals surface area contributed by atoms with Gasteiger partial charge in [0.05, 0.1) is 5.02 Å². The zero-order valence-corrected chi connectivity index (χ0v) is 11.7. The number of carbonyl (C=O) groups excluding carboxylic acids is 1. The van der Waals surface area contributed by atoms with Crippen molar-refractivity contribution in [3.05, 3.63) is 34.6 Å². The smallest absolute Gasteiger partial charge is 0.327 e. The first-order valence-corrected chi connectivity index (χ1v) is 6.95. The van der Waals surface area contributed by atoms with Crippen LogP contribution in [0.5, 0.6) is 0 Å². The van der Waals surface area contributed by atoms with Crippen molar-refractivity contribution in [2.75, 3.05) is 5.75 Å². The van der Waals surface area contributed by atoms with Crippen molar-refractivity contribution in [2.45, 2.75) is 18.7 Å². The highest BCUT2D eigenvalue weighted by molar-refractivity contribution is 7.98. The highest BCUT2D eigenvalue weighted by Crippen LogP contribution is 2.24. The maximum Gasteiger partial charge on any atom is 0.327 e. The Morgan fingerprint density at radius 2 is 2.21 bits per heavy atom. The predicted molar refractivity (Wildman–Crippen MR) is 72.8 cm³/mol. The molecule has 0 aliphatic carbocycles. The molecule has 104 valence electrons. The molecule has 0 aliphatic rings. The van der Waals surface area contributed by atoms with Crippen LogP contribution in [-0.2, 0) is 15.3 Å². The molecule has 4 nitrogen and oxygen atoms in total. The summed E-state index contributed by atoms with van der Waals surface area (Å²) in [5.41, 5.74) is 0.596. The van der Waals surface area contributed by atoms with Crippen molar-refractivity contribution in [2.24, 2.45) is 0 Å². The van der Waals surface area contributed by atoms with E-state index in [4.69, 9.17) is 16.7 Å². The second-order valence-corrected chi connectivity index (χ2v) is 5.23. The number of carbonyl (C=O) groups is 2. The minimum absolute atomic E-state index is 0.0430. The molecule has 1 amide bonds. The Hall–Kier alpha value is -1.27. The summed E-state index contributed by atoms with van der Waals surface area (Å²) in [5, 5.41) is 11.3. The Kier molecular flexibility index (Phi) is 6.11. The molecule has 1 aromatic carbocycles. The Morgan fingerprint density at radius 3 is 2.79 bits per heavy atom. The molecule has 19 heavy (non-hydrogen) atoms. The van der Waals surface area contributed by atoms with Crippen molar-refractivity contribution < 1.29 is 19.1 Å². The number of carboxylic acids is 1. The van der Waals surface area contributed by atoms with E-state index in [0.717, 1.165) is 0 Å². The van der Waals surface area contributed by atoms with Gasteiger partial charge in [-0.1, -0.05) is 23.7 Å². The van der Waals surface area contributed by atoms with Gasteiger partial charge in [-0.2, -0.15) is 11.8 Å². The minimum atomic E-state index is -1.10. The van der Waals surface area contributed by atoms with Crippen molar-refractivity contribution in [3.8, 4) is 0 Å². The average Bonchev–Trinajstić information content (AvgIpc) is 2.32. The third kappa shape index (κ3) is 5.08. The van der Waals surface area contributed by atoms with Gasteiger partial charge in [0.15, 0.2) is 0 Å². The van der Waals surface area contributed by atoms with Crippen LogP contribution in [0.3, 0.4) is 0 Å². The minimum Gasteiger partial charge on any atom is -0.480 e. The third-order valence-electron chi connectivity index (χ3n) is 2.25. The number of aliphatic carboxylic acids is 1. The number of hydrogen-bond donors (Lipinski definition) is 2. The third-order valence-corrected chi connectivity index (χ3v) is 3.76. The first-order valence-electron chi connectivity index (χ1n) is 5.42. The largest absolute Gasteiger partial charge is 0.480 e. The van der Waals surface area contributed by atoms with E-state index in [1.54, 1.807) is 12.1 Å². The zero-order chi connectivity index (χ0) is 14.4. The molecule has 1 rings (SSSR count). The molecule has 0 aliphatic heterocycles. The fourth-order valence-corrected chi connectivity index (χ4v) is 2.68. The Bertz CT molecular complexity index is 484. The van der Waals surface area contributed by atoms with Crippen molar-refractivity contribution in [1.29, 1.82) is 0 Å². The van der Waals surface area contributed by atoms with Crippen molar-refractivity contribution in [1.82, 2.24) is 5.32 Å². The normalized spacial score (nSPS) is 11.9. The van der Waals surface area contributed by atoms with Crippen LogP contribution in [0.4, 0.5) is 4.39 Å². The Labute approximate surface area is 119 Å². The molecule has 0 saturated carbocycles. The van der Waals surface area contributed by atoms with Crippen LogP contribution in [0.15, 0.2) is 18.2 Å². The Balaban J connectivity index is 2.54. The fourth-order valence-electron chi connectivity index (χ4n) is 1.37. The van der Waals surface area contributed by atoms with Gasteiger partial charge < -0.3 is 10.4 Å². The SMILES string of the molecule is CC(=O)NC(CSCc1cccc(F)c1Cl)C(=O)O. The van der Waals surface area contributed by atoms with Crippen LogP contribution in [-0.4, -0.2) is 28.8 Å². The number of carboxylic acid groups (broad SMARTS) is 1. The fraction of sp³-hybridized carbons (Fsp3) is 0.333. The Morgan fingerprint density at radius 1 is 1.53 bits per heavy atom. The molecule has 2 N–H and O–H groups in total. The number of nitrogens with one attached hydrogen (secondary N) is 1. The molecular formula is C12H13ClFNO3S. The van der Waals surface area contributed by atoms with Crippen LogP contribution in [0.2, 0.25) is 5.02 Å². The summed E-state index contributed by atoms with van der Waals surface area (Å²) < 4.78 is 13.2. The lowest BCUT2D eigenvalue weighted by Gasteiger charge is -2.13. The van der Waals surface area contributed by atoms with Gasteiger partial charge in [-0.3, -0.25) is 4.79 Å². The number of rotatable bonds is 6. The van der Waals surface area contributed by atoms with Crippen LogP contribution >= 0.6 is 23.4 Å². The summed E-state index contributed by atoms with van der Waals surface area (Å²) in [6.07, 6.45) is 0. The molecule has 7 heteroatoms. The second-order valence-electron chi connectivity index (χ2n) is 3.82. The quantitative estimate of drug-likeness (QED) is 0.846. The average molecular weight is 306 g/mol. The van der Waals surface area contributed by atoms with E-state index in [9.17, 15) is 14.0 Å². The van der Waals surface area contributed by atoms with E-state index in [-0.39, 0.29) is 10.8 Å². The first-order chi connectivity index (χ1) is 8.91. The van der Waals surface area contributed by atoms with Gasteiger partial charge in [0.2, 0.25) is 5.91 Å². The molecule has 0 bridgehead atoms. The van der Waals surface area contributed by atoms with Crippen LogP contribution in [0.1, 0.15) is 12.5 Å².